The van der Waals surface area contributed by atoms with E-state index in [0.717, 1.165) is 40.7 Å². The minimum absolute atomic E-state index is 0.0664. The van der Waals surface area contributed by atoms with Gasteiger partial charge in [0.1, 0.15) is 5.76 Å². The zero-order valence-corrected chi connectivity index (χ0v) is 12.6. The Morgan fingerprint density at radius 2 is 1.71 bits per heavy atom. The summed E-state index contributed by atoms with van der Waals surface area (Å²) >= 11 is 0. The molecule has 3 rings (SSSR count). The molecule has 0 spiro atoms. The molecule has 0 fully saturated rings. The Kier molecular flexibility index (Phi) is 3.28. The summed E-state index contributed by atoms with van der Waals surface area (Å²) in [6.45, 7) is 6.00. The van der Waals surface area contributed by atoms with Crippen LogP contribution in [0.5, 0.6) is 0 Å². The van der Waals surface area contributed by atoms with E-state index in [2.05, 4.69) is 0 Å². The molecule has 108 valence electrons. The first-order chi connectivity index (χ1) is 10.1. The first-order valence-corrected chi connectivity index (χ1v) is 7.48. The maximum atomic E-state index is 12.3. The molecule has 0 bridgehead atoms. The van der Waals surface area contributed by atoms with Gasteiger partial charge in [-0.25, -0.2) is 4.79 Å². The molecule has 2 aliphatic carbocycles. The van der Waals surface area contributed by atoms with Crippen LogP contribution in [0.4, 0.5) is 0 Å². The normalized spacial score (nSPS) is 13.7. The van der Waals surface area contributed by atoms with Gasteiger partial charge in [-0.05, 0) is 54.2 Å². The number of fused-ring (bicyclic) bond motifs is 2. The van der Waals surface area contributed by atoms with Crippen molar-refractivity contribution in [2.45, 2.75) is 40.0 Å². The number of ketones is 1. The number of carbonyl (C=O) groups excluding carboxylic acids is 1. The van der Waals surface area contributed by atoms with Gasteiger partial charge in [0.15, 0.2) is 5.78 Å². The second kappa shape index (κ2) is 4.99. The van der Waals surface area contributed by atoms with E-state index in [1.54, 1.807) is 6.08 Å². The lowest BCUT2D eigenvalue weighted by atomic mass is 10.0. The lowest BCUT2D eigenvalue weighted by molar-refractivity contribution is 0.104. The van der Waals surface area contributed by atoms with E-state index in [4.69, 9.17) is 4.42 Å². The topological polar surface area (TPSA) is 47.3 Å². The van der Waals surface area contributed by atoms with E-state index in [1.165, 1.54) is 0 Å². The highest BCUT2D eigenvalue weighted by atomic mass is 16.4. The van der Waals surface area contributed by atoms with E-state index in [-0.39, 0.29) is 11.4 Å². The highest BCUT2D eigenvalue weighted by Crippen LogP contribution is 2.37. The highest BCUT2D eigenvalue weighted by Gasteiger charge is 2.26. The van der Waals surface area contributed by atoms with Crippen molar-refractivity contribution >= 4 is 11.4 Å². The summed E-state index contributed by atoms with van der Waals surface area (Å²) < 4.78 is 5.39. The van der Waals surface area contributed by atoms with Crippen molar-refractivity contribution in [1.82, 2.24) is 0 Å². The van der Waals surface area contributed by atoms with Crippen LogP contribution in [0.15, 0.2) is 27.4 Å². The molecule has 21 heavy (non-hydrogen) atoms. The van der Waals surface area contributed by atoms with Crippen LogP contribution in [0.1, 0.15) is 54.2 Å². The molecule has 0 aromatic rings. The van der Waals surface area contributed by atoms with E-state index < -0.39 is 0 Å². The highest BCUT2D eigenvalue weighted by molar-refractivity contribution is 6.17. The maximum Gasteiger partial charge on any atom is 0.340 e. The monoisotopic (exact) mass is 282 g/mol. The molecule has 3 heteroatoms. The second-order valence-electron chi connectivity index (χ2n) is 5.34. The van der Waals surface area contributed by atoms with Crippen molar-refractivity contribution in [3.05, 3.63) is 50.9 Å². The van der Waals surface area contributed by atoms with E-state index in [0.29, 0.717) is 17.7 Å². The lowest BCUT2D eigenvalue weighted by Gasteiger charge is -2.02. The Morgan fingerprint density at radius 1 is 0.952 bits per heavy atom. The van der Waals surface area contributed by atoms with E-state index >= 15 is 0 Å². The molecule has 3 aliphatic rings. The van der Waals surface area contributed by atoms with Crippen molar-refractivity contribution in [2.24, 2.45) is 0 Å². The van der Waals surface area contributed by atoms with Gasteiger partial charge >= 0.3 is 5.63 Å². The first-order valence-electron chi connectivity index (χ1n) is 7.48. The first kappa shape index (κ1) is 13.8. The lowest BCUT2D eigenvalue weighted by Crippen LogP contribution is -1.99. The maximum absolute atomic E-state index is 12.3. The van der Waals surface area contributed by atoms with Gasteiger partial charge in [-0.3, -0.25) is 4.79 Å². The number of carbonyl (C=O) groups is 1. The summed E-state index contributed by atoms with van der Waals surface area (Å²) in [5, 5.41) is 0. The molecule has 0 saturated carbocycles. The summed E-state index contributed by atoms with van der Waals surface area (Å²) in [5.41, 5.74) is 4.99. The SMILES string of the molecule is CCC1=CC(=O)c2c(CC)cc3oc(=O)c(CC)c-3cc21. The number of allylic oxidation sites excluding steroid dienone is 2. The van der Waals surface area contributed by atoms with Gasteiger partial charge in [-0.1, -0.05) is 20.8 Å². The van der Waals surface area contributed by atoms with Crippen molar-refractivity contribution < 1.29 is 9.21 Å². The fraction of sp³-hybridized carbons (Fsp3) is 0.333. The second-order valence-corrected chi connectivity index (χ2v) is 5.34. The van der Waals surface area contributed by atoms with Crippen LogP contribution in [0.3, 0.4) is 0 Å². The number of rotatable bonds is 3. The fourth-order valence-electron chi connectivity index (χ4n) is 3.12. The van der Waals surface area contributed by atoms with E-state index in [1.807, 2.05) is 32.9 Å². The average molecular weight is 282 g/mol. The molecule has 0 atom stereocenters. The van der Waals surface area contributed by atoms with Gasteiger partial charge in [0.2, 0.25) is 0 Å². The molecule has 1 aliphatic heterocycles. The van der Waals surface area contributed by atoms with Crippen molar-refractivity contribution in [1.29, 1.82) is 0 Å². The quantitative estimate of drug-likeness (QED) is 0.858. The summed E-state index contributed by atoms with van der Waals surface area (Å²) in [5.74, 6) is 0.656. The number of aryl methyl sites for hydroxylation is 1. The molecule has 0 radical (unpaired) electrons. The number of hydrogen-bond acceptors (Lipinski definition) is 3. The number of furan rings is 1. The molecule has 3 nitrogen and oxygen atoms in total. The Labute approximate surface area is 123 Å². The molecular formula is C18H18O3. The Hall–Kier alpha value is -2.16. The molecule has 0 saturated heterocycles. The summed E-state index contributed by atoms with van der Waals surface area (Å²) in [4.78, 5) is 24.2. The Balaban J connectivity index is 2.43. The van der Waals surface area contributed by atoms with E-state index in [9.17, 15) is 9.59 Å². The average Bonchev–Trinajstić information content (AvgIpc) is 2.88. The minimum Gasteiger partial charge on any atom is -0.422 e. The molecule has 0 amide bonds. The van der Waals surface area contributed by atoms with Crippen molar-refractivity contribution in [3.63, 3.8) is 0 Å². The van der Waals surface area contributed by atoms with Gasteiger partial charge in [0, 0.05) is 16.7 Å². The van der Waals surface area contributed by atoms with Crippen LogP contribution in [0.2, 0.25) is 0 Å². The van der Waals surface area contributed by atoms with Gasteiger partial charge in [-0.15, -0.1) is 0 Å². The van der Waals surface area contributed by atoms with Crippen molar-refractivity contribution in [3.8, 4) is 11.3 Å². The third kappa shape index (κ3) is 1.96. The Bertz CT molecular complexity index is 793. The third-order valence-electron chi connectivity index (χ3n) is 4.24. The predicted molar refractivity (Wildman–Crippen MR) is 83.0 cm³/mol. The molecule has 1 heterocycles. The van der Waals surface area contributed by atoms with Crippen LogP contribution in [-0.4, -0.2) is 5.78 Å². The molecule has 0 N–H and O–H groups in total. The minimum atomic E-state index is -0.263. The molecular weight excluding hydrogens is 264 g/mol. The van der Waals surface area contributed by atoms with Gasteiger partial charge in [-0.2, -0.15) is 0 Å². The van der Waals surface area contributed by atoms with Crippen LogP contribution in [-0.2, 0) is 12.8 Å². The third-order valence-corrected chi connectivity index (χ3v) is 4.24. The van der Waals surface area contributed by atoms with Crippen LogP contribution >= 0.6 is 0 Å². The summed E-state index contributed by atoms with van der Waals surface area (Å²) in [6.07, 6.45) is 3.89. The van der Waals surface area contributed by atoms with Gasteiger partial charge in [0.05, 0.1) is 0 Å². The fourth-order valence-corrected chi connectivity index (χ4v) is 3.12. The molecule has 0 aromatic heterocycles. The summed E-state index contributed by atoms with van der Waals surface area (Å²) in [6, 6.07) is 3.83. The standard InChI is InChI=1S/C18H18O3/c1-4-10-7-15(19)17-11(5-2)8-16-14(9-13(10)17)12(6-3)18(20)21-16/h7-9H,4-6H2,1-3H3. The molecule has 0 aromatic carbocycles. The zero-order chi connectivity index (χ0) is 15.1. The zero-order valence-electron chi connectivity index (χ0n) is 12.6. The van der Waals surface area contributed by atoms with Crippen LogP contribution in [0, 0.1) is 0 Å². The largest absolute Gasteiger partial charge is 0.422 e. The van der Waals surface area contributed by atoms with Crippen LogP contribution in [0.25, 0.3) is 16.9 Å². The predicted octanol–water partition coefficient (Wildman–Crippen LogP) is 3.86. The smallest absolute Gasteiger partial charge is 0.340 e. The number of hydrogen-bond donors (Lipinski definition) is 0. The molecule has 0 unspecified atom stereocenters. The van der Waals surface area contributed by atoms with Gasteiger partial charge < -0.3 is 4.42 Å². The Morgan fingerprint density at radius 3 is 2.33 bits per heavy atom. The van der Waals surface area contributed by atoms with Crippen LogP contribution < -0.4 is 5.63 Å². The van der Waals surface area contributed by atoms with Crippen molar-refractivity contribution in [2.75, 3.05) is 0 Å². The summed E-state index contributed by atoms with van der Waals surface area (Å²) in [7, 11) is 0. The van der Waals surface area contributed by atoms with Gasteiger partial charge in [0.25, 0.3) is 0 Å².